The second-order valence-electron chi connectivity index (χ2n) is 2.54. The summed E-state index contributed by atoms with van der Waals surface area (Å²) < 4.78 is 0. The van der Waals surface area contributed by atoms with Crippen LogP contribution in [0.25, 0.3) is 0 Å². The van der Waals surface area contributed by atoms with E-state index in [9.17, 15) is 0 Å². The first kappa shape index (κ1) is 11.2. The fourth-order valence-electron chi connectivity index (χ4n) is 0.955. The van der Waals surface area contributed by atoms with Gasteiger partial charge in [0.05, 0.1) is 6.10 Å². The van der Waals surface area contributed by atoms with Gasteiger partial charge in [0, 0.05) is 29.6 Å². The maximum absolute atomic E-state index is 9.01. The minimum Gasteiger partial charge on any atom is -0.393 e. The number of hydrogen-bond acceptors (Lipinski definition) is 1. The Morgan fingerprint density at radius 3 is 2.27 bits per heavy atom. The minimum atomic E-state index is -0.234. The van der Waals surface area contributed by atoms with E-state index in [1.807, 2.05) is 30.3 Å². The molecule has 0 spiro atoms. The van der Waals surface area contributed by atoms with Gasteiger partial charge in [-0.2, -0.15) is 0 Å². The summed E-state index contributed by atoms with van der Waals surface area (Å²) in [5.74, 6) is 0. The fourth-order valence-corrected chi connectivity index (χ4v) is 0.955. The fraction of sp³-hybridized carbons (Fsp3) is 0.333. The van der Waals surface area contributed by atoms with Crippen molar-refractivity contribution in [3.63, 3.8) is 0 Å². The molecule has 0 heterocycles. The third kappa shape index (κ3) is 4.59. The van der Waals surface area contributed by atoms with Gasteiger partial charge in [0.25, 0.3) is 0 Å². The van der Waals surface area contributed by atoms with Gasteiger partial charge in [-0.05, 0) is 18.9 Å². The molecule has 1 radical (unpaired) electrons. The Morgan fingerprint density at radius 1 is 1.27 bits per heavy atom. The first-order chi connectivity index (χ1) is 4.79. The predicted octanol–water partition coefficient (Wildman–Crippen LogP) is 1.23. The Kier molecular flexibility index (Phi) is 5.88. The molecule has 11 heavy (non-hydrogen) atoms. The molecule has 0 aromatic heterocycles. The molecule has 0 bridgehead atoms. The average molecular weight is 159 g/mol. The zero-order valence-electron chi connectivity index (χ0n) is 7.12. The molecule has 0 aliphatic rings. The predicted molar refractivity (Wildman–Crippen MR) is 47.6 cm³/mol. The molecular formula is C9H12NaO. The summed E-state index contributed by atoms with van der Waals surface area (Å²) >= 11 is 0. The van der Waals surface area contributed by atoms with Crippen LogP contribution in [0.3, 0.4) is 0 Å². The maximum atomic E-state index is 9.01. The second kappa shape index (κ2) is 5.78. The summed E-state index contributed by atoms with van der Waals surface area (Å²) in [7, 11) is 0. The topological polar surface area (TPSA) is 20.2 Å². The van der Waals surface area contributed by atoms with Crippen LogP contribution >= 0.6 is 0 Å². The zero-order valence-corrected chi connectivity index (χ0v) is 9.12. The van der Waals surface area contributed by atoms with Gasteiger partial charge in [0.2, 0.25) is 0 Å². The van der Waals surface area contributed by atoms with Gasteiger partial charge in [-0.25, -0.2) is 0 Å². The Hall–Kier alpha value is 0.180. The van der Waals surface area contributed by atoms with Gasteiger partial charge < -0.3 is 5.11 Å². The molecule has 0 aliphatic carbocycles. The van der Waals surface area contributed by atoms with Crippen LogP contribution in [0.15, 0.2) is 30.3 Å². The summed E-state index contributed by atoms with van der Waals surface area (Å²) in [4.78, 5) is 0. The minimum absolute atomic E-state index is 0. The smallest absolute Gasteiger partial charge is 0.0552 e. The Morgan fingerprint density at radius 2 is 1.82 bits per heavy atom. The quantitative estimate of drug-likeness (QED) is 0.643. The number of benzene rings is 1. The first-order valence-corrected chi connectivity index (χ1v) is 3.51. The van der Waals surface area contributed by atoms with Crippen LogP contribution < -0.4 is 0 Å². The SMILES string of the molecule is CC(O)Cc1ccccc1.[Na]. The van der Waals surface area contributed by atoms with E-state index in [-0.39, 0.29) is 35.7 Å². The molecule has 1 aromatic carbocycles. The van der Waals surface area contributed by atoms with Crippen LogP contribution in [-0.2, 0) is 6.42 Å². The van der Waals surface area contributed by atoms with Crippen molar-refractivity contribution < 1.29 is 5.11 Å². The monoisotopic (exact) mass is 159 g/mol. The first-order valence-electron chi connectivity index (χ1n) is 3.51. The molecule has 1 aromatic rings. The van der Waals surface area contributed by atoms with Gasteiger partial charge in [-0.1, -0.05) is 30.3 Å². The van der Waals surface area contributed by atoms with E-state index in [2.05, 4.69) is 0 Å². The van der Waals surface area contributed by atoms with Gasteiger partial charge in [-0.15, -0.1) is 0 Å². The Bertz CT molecular complexity index is 184. The number of hydrogen-bond donors (Lipinski definition) is 1. The van der Waals surface area contributed by atoms with E-state index >= 15 is 0 Å². The zero-order chi connectivity index (χ0) is 7.40. The van der Waals surface area contributed by atoms with Crippen LogP contribution in [0.5, 0.6) is 0 Å². The van der Waals surface area contributed by atoms with E-state index in [1.165, 1.54) is 5.56 Å². The summed E-state index contributed by atoms with van der Waals surface area (Å²) in [6, 6.07) is 9.99. The van der Waals surface area contributed by atoms with E-state index < -0.39 is 0 Å². The molecule has 1 N–H and O–H groups in total. The van der Waals surface area contributed by atoms with Gasteiger partial charge >= 0.3 is 0 Å². The van der Waals surface area contributed by atoms with Crippen LogP contribution in [0.1, 0.15) is 12.5 Å². The molecule has 0 fully saturated rings. The third-order valence-corrected chi connectivity index (χ3v) is 1.37. The van der Waals surface area contributed by atoms with Crippen molar-refractivity contribution in [3.05, 3.63) is 35.9 Å². The molecule has 0 amide bonds. The summed E-state index contributed by atoms with van der Waals surface area (Å²) in [6.45, 7) is 1.80. The van der Waals surface area contributed by atoms with E-state index in [0.29, 0.717) is 0 Å². The molecule has 1 nitrogen and oxygen atoms in total. The maximum Gasteiger partial charge on any atom is 0.0552 e. The van der Waals surface area contributed by atoms with Gasteiger partial charge in [0.15, 0.2) is 0 Å². The van der Waals surface area contributed by atoms with Crippen molar-refractivity contribution in [2.75, 3.05) is 0 Å². The molecular weight excluding hydrogens is 147 g/mol. The van der Waals surface area contributed by atoms with E-state index in [4.69, 9.17) is 5.11 Å². The van der Waals surface area contributed by atoms with E-state index in [1.54, 1.807) is 6.92 Å². The number of rotatable bonds is 2. The average Bonchev–Trinajstić information content (AvgIpc) is 1.88. The van der Waals surface area contributed by atoms with Crippen molar-refractivity contribution in [3.8, 4) is 0 Å². The molecule has 0 saturated carbocycles. The molecule has 1 atom stereocenters. The van der Waals surface area contributed by atoms with Crippen molar-refractivity contribution in [2.45, 2.75) is 19.4 Å². The van der Waals surface area contributed by atoms with Crippen LogP contribution in [0.4, 0.5) is 0 Å². The van der Waals surface area contributed by atoms with Crippen LogP contribution in [0.2, 0.25) is 0 Å². The molecule has 0 aliphatic heterocycles. The molecule has 55 valence electrons. The van der Waals surface area contributed by atoms with Gasteiger partial charge in [0.1, 0.15) is 0 Å². The second-order valence-corrected chi connectivity index (χ2v) is 2.54. The van der Waals surface area contributed by atoms with Crippen molar-refractivity contribution in [1.82, 2.24) is 0 Å². The molecule has 0 saturated heterocycles. The van der Waals surface area contributed by atoms with Crippen LogP contribution in [0, 0.1) is 0 Å². The standard InChI is InChI=1S/C9H12O.Na/c1-8(10)7-9-5-3-2-4-6-9;/h2-6,8,10H,7H2,1H3;. The van der Waals surface area contributed by atoms with Crippen molar-refractivity contribution in [1.29, 1.82) is 0 Å². The van der Waals surface area contributed by atoms with Gasteiger partial charge in [-0.3, -0.25) is 0 Å². The number of aliphatic hydroxyl groups is 1. The summed E-state index contributed by atoms with van der Waals surface area (Å²) in [5, 5.41) is 9.01. The normalized spacial score (nSPS) is 11.8. The van der Waals surface area contributed by atoms with Crippen molar-refractivity contribution >= 4 is 29.6 Å². The summed E-state index contributed by atoms with van der Waals surface area (Å²) in [5.41, 5.74) is 1.19. The van der Waals surface area contributed by atoms with E-state index in [0.717, 1.165) is 6.42 Å². The third-order valence-electron chi connectivity index (χ3n) is 1.37. The van der Waals surface area contributed by atoms with Crippen LogP contribution in [-0.4, -0.2) is 40.8 Å². The number of aliphatic hydroxyl groups excluding tert-OH is 1. The molecule has 1 unspecified atom stereocenters. The largest absolute Gasteiger partial charge is 0.393 e. The summed E-state index contributed by atoms with van der Waals surface area (Å²) in [6.07, 6.45) is 0.517. The Labute approximate surface area is 89.7 Å². The Balaban J connectivity index is 0.000001000. The van der Waals surface area contributed by atoms with Crippen molar-refractivity contribution in [2.24, 2.45) is 0 Å². The molecule has 2 heteroatoms. The molecule has 1 rings (SSSR count).